The number of nitrogens with one attached hydrogen (secondary N) is 1. The van der Waals surface area contributed by atoms with Crippen molar-refractivity contribution in [1.82, 2.24) is 15.1 Å². The molecule has 6 heteroatoms. The zero-order valence-electron chi connectivity index (χ0n) is 15.8. The number of rotatable bonds is 6. The van der Waals surface area contributed by atoms with Crippen LogP contribution in [-0.2, 0) is 4.74 Å². The first kappa shape index (κ1) is 20.2. The van der Waals surface area contributed by atoms with Crippen molar-refractivity contribution in [3.63, 3.8) is 0 Å². The van der Waals surface area contributed by atoms with Gasteiger partial charge >= 0.3 is 6.09 Å². The van der Waals surface area contributed by atoms with Crippen LogP contribution in [0.3, 0.4) is 0 Å². The first-order valence-electron chi connectivity index (χ1n) is 8.70. The Labute approximate surface area is 141 Å². The molecule has 2 unspecified atom stereocenters. The molecule has 0 radical (unpaired) electrons. The molecule has 1 fully saturated rings. The van der Waals surface area contributed by atoms with Gasteiger partial charge < -0.3 is 20.7 Å². The van der Waals surface area contributed by atoms with Crippen molar-refractivity contribution in [2.45, 2.75) is 58.2 Å². The molecule has 0 aliphatic carbocycles. The van der Waals surface area contributed by atoms with Crippen LogP contribution >= 0.6 is 0 Å². The normalized spacial score (nSPS) is 20.3. The minimum Gasteiger partial charge on any atom is -0.444 e. The smallest absolute Gasteiger partial charge is 0.407 e. The maximum absolute atomic E-state index is 11.9. The van der Waals surface area contributed by atoms with Gasteiger partial charge in [0, 0.05) is 25.2 Å². The quantitative estimate of drug-likeness (QED) is 0.773. The molecule has 0 saturated carbocycles. The van der Waals surface area contributed by atoms with Crippen molar-refractivity contribution in [1.29, 1.82) is 0 Å². The van der Waals surface area contributed by atoms with Crippen LogP contribution in [0, 0.1) is 5.92 Å². The Bertz CT molecular complexity index is 362. The van der Waals surface area contributed by atoms with Crippen molar-refractivity contribution >= 4 is 6.09 Å². The fourth-order valence-corrected chi connectivity index (χ4v) is 3.14. The van der Waals surface area contributed by atoms with E-state index >= 15 is 0 Å². The second-order valence-corrected chi connectivity index (χ2v) is 7.92. The van der Waals surface area contributed by atoms with E-state index in [-0.39, 0.29) is 18.2 Å². The van der Waals surface area contributed by atoms with Gasteiger partial charge in [0.25, 0.3) is 0 Å². The topological polar surface area (TPSA) is 70.8 Å². The largest absolute Gasteiger partial charge is 0.444 e. The van der Waals surface area contributed by atoms with Crippen molar-refractivity contribution in [2.24, 2.45) is 11.7 Å². The minimum atomic E-state index is -0.484. The van der Waals surface area contributed by atoms with Crippen molar-refractivity contribution in [2.75, 3.05) is 40.3 Å². The average molecular weight is 329 g/mol. The van der Waals surface area contributed by atoms with E-state index in [4.69, 9.17) is 10.5 Å². The third kappa shape index (κ3) is 7.50. The molecule has 136 valence electrons. The summed E-state index contributed by atoms with van der Waals surface area (Å²) in [6, 6.07) is 0.0632. The van der Waals surface area contributed by atoms with Crippen LogP contribution in [0.25, 0.3) is 0 Å². The fourth-order valence-electron chi connectivity index (χ4n) is 3.14. The number of piperidine rings is 1. The van der Waals surface area contributed by atoms with Gasteiger partial charge in [0.05, 0.1) is 0 Å². The van der Waals surface area contributed by atoms with Crippen LogP contribution in [0.1, 0.15) is 40.5 Å². The number of carbonyl (C=O) groups is 1. The lowest BCUT2D eigenvalue weighted by molar-refractivity contribution is 0.0470. The molecule has 6 nitrogen and oxygen atoms in total. The molecule has 0 spiro atoms. The molecule has 0 bridgehead atoms. The Kier molecular flexibility index (Phi) is 7.77. The summed E-state index contributed by atoms with van der Waals surface area (Å²) in [7, 11) is 4.28. The highest BCUT2D eigenvalue weighted by Gasteiger charge is 2.27. The Hall–Kier alpha value is -0.850. The Morgan fingerprint density at radius 1 is 1.39 bits per heavy atom. The molecule has 0 aromatic heterocycles. The highest BCUT2D eigenvalue weighted by Crippen LogP contribution is 2.18. The van der Waals surface area contributed by atoms with Gasteiger partial charge in [-0.15, -0.1) is 0 Å². The third-order valence-corrected chi connectivity index (χ3v) is 4.51. The molecule has 0 aromatic rings. The minimum absolute atomic E-state index is 0.0499. The maximum Gasteiger partial charge on any atom is 0.407 e. The van der Waals surface area contributed by atoms with E-state index in [0.717, 1.165) is 19.6 Å². The molecule has 2 atom stereocenters. The molecule has 0 aromatic carbocycles. The van der Waals surface area contributed by atoms with Gasteiger partial charge in [0.1, 0.15) is 5.60 Å². The van der Waals surface area contributed by atoms with Crippen LogP contribution in [-0.4, -0.2) is 73.9 Å². The zero-order chi connectivity index (χ0) is 17.6. The van der Waals surface area contributed by atoms with Crippen molar-refractivity contribution < 1.29 is 9.53 Å². The predicted molar refractivity (Wildman–Crippen MR) is 94.5 cm³/mol. The number of likely N-dealkylation sites (N-methyl/N-ethyl adjacent to an activating group) is 1. The second kappa shape index (κ2) is 8.85. The van der Waals surface area contributed by atoms with E-state index in [0.29, 0.717) is 12.5 Å². The molecule has 1 rings (SSSR count). The highest BCUT2D eigenvalue weighted by molar-refractivity contribution is 5.68. The molecule has 1 heterocycles. The fraction of sp³-hybridized carbons (Fsp3) is 0.941. The number of alkyl carbamates (subject to hydrolysis) is 1. The number of nitrogens with zero attached hydrogens (tertiary/aromatic N) is 2. The van der Waals surface area contributed by atoms with Crippen LogP contribution in [0.15, 0.2) is 0 Å². The zero-order valence-corrected chi connectivity index (χ0v) is 15.8. The summed E-state index contributed by atoms with van der Waals surface area (Å²) in [5, 5.41) is 2.92. The number of hydrogen-bond donors (Lipinski definition) is 2. The SMILES string of the molecule is CC(NC(=O)OC(C)(C)C)C(CN)N(C)CC1CCN(C)CC1. The average Bonchev–Trinajstić information content (AvgIpc) is 2.39. The number of ether oxygens (including phenoxy) is 1. The second-order valence-electron chi connectivity index (χ2n) is 7.92. The summed E-state index contributed by atoms with van der Waals surface area (Å²) < 4.78 is 5.33. The molecule has 1 aliphatic rings. The summed E-state index contributed by atoms with van der Waals surface area (Å²) in [6.45, 7) is 11.5. The summed E-state index contributed by atoms with van der Waals surface area (Å²) in [5.74, 6) is 0.707. The summed E-state index contributed by atoms with van der Waals surface area (Å²) in [4.78, 5) is 16.6. The van der Waals surface area contributed by atoms with Crippen LogP contribution in [0.4, 0.5) is 4.79 Å². The number of nitrogens with two attached hydrogens (primary N) is 1. The van der Waals surface area contributed by atoms with Gasteiger partial charge in [0.15, 0.2) is 0 Å². The first-order chi connectivity index (χ1) is 10.6. The van der Waals surface area contributed by atoms with Gasteiger partial charge in [-0.05, 0) is 73.6 Å². The summed E-state index contributed by atoms with van der Waals surface area (Å²) in [6.07, 6.45) is 2.08. The summed E-state index contributed by atoms with van der Waals surface area (Å²) in [5.41, 5.74) is 5.48. The third-order valence-electron chi connectivity index (χ3n) is 4.51. The van der Waals surface area contributed by atoms with Gasteiger partial charge in [-0.1, -0.05) is 0 Å². The Morgan fingerprint density at radius 3 is 2.43 bits per heavy atom. The van der Waals surface area contributed by atoms with E-state index in [1.54, 1.807) is 0 Å². The summed E-state index contributed by atoms with van der Waals surface area (Å²) >= 11 is 0. The van der Waals surface area contributed by atoms with Crippen molar-refractivity contribution in [3.8, 4) is 0 Å². The number of amides is 1. The highest BCUT2D eigenvalue weighted by atomic mass is 16.6. The monoisotopic (exact) mass is 328 g/mol. The lowest BCUT2D eigenvalue weighted by Gasteiger charge is -2.37. The van der Waals surface area contributed by atoms with Gasteiger partial charge in [-0.3, -0.25) is 4.90 Å². The predicted octanol–water partition coefficient (Wildman–Crippen LogP) is 1.50. The Morgan fingerprint density at radius 2 is 1.96 bits per heavy atom. The van der Waals surface area contributed by atoms with Crippen LogP contribution in [0.2, 0.25) is 0 Å². The van der Waals surface area contributed by atoms with Crippen LogP contribution < -0.4 is 11.1 Å². The van der Waals surface area contributed by atoms with Gasteiger partial charge in [-0.25, -0.2) is 4.79 Å². The lowest BCUT2D eigenvalue weighted by atomic mass is 9.95. The first-order valence-corrected chi connectivity index (χ1v) is 8.70. The molecular formula is C17H36N4O2. The molecular weight excluding hydrogens is 292 g/mol. The van der Waals surface area contributed by atoms with E-state index in [1.165, 1.54) is 12.8 Å². The van der Waals surface area contributed by atoms with E-state index in [1.807, 2.05) is 27.7 Å². The van der Waals surface area contributed by atoms with Gasteiger partial charge in [-0.2, -0.15) is 0 Å². The number of hydrogen-bond acceptors (Lipinski definition) is 5. The molecule has 23 heavy (non-hydrogen) atoms. The number of likely N-dealkylation sites (tertiary alicyclic amines) is 1. The van der Waals surface area contributed by atoms with Gasteiger partial charge in [0.2, 0.25) is 0 Å². The molecule has 1 aliphatic heterocycles. The molecule has 3 N–H and O–H groups in total. The molecule has 1 saturated heterocycles. The lowest BCUT2D eigenvalue weighted by Crippen LogP contribution is -2.54. The number of carbonyl (C=O) groups excluding carboxylic acids is 1. The van der Waals surface area contributed by atoms with Crippen LogP contribution in [0.5, 0.6) is 0 Å². The Balaban J connectivity index is 2.48. The van der Waals surface area contributed by atoms with E-state index in [9.17, 15) is 4.79 Å². The molecule has 1 amide bonds. The van der Waals surface area contributed by atoms with E-state index < -0.39 is 5.60 Å². The standard InChI is InChI=1S/C17H36N4O2/c1-13(19-16(22)23-17(2,3)4)15(11-18)21(6)12-14-7-9-20(5)10-8-14/h13-15H,7-12,18H2,1-6H3,(H,19,22). The maximum atomic E-state index is 11.9. The van der Waals surface area contributed by atoms with Crippen molar-refractivity contribution in [3.05, 3.63) is 0 Å². The van der Waals surface area contributed by atoms with E-state index in [2.05, 4.69) is 29.2 Å².